The summed E-state index contributed by atoms with van der Waals surface area (Å²) >= 11 is 5.34. The Kier molecular flexibility index (Phi) is 5.97. The molecule has 1 atom stereocenters. The topological polar surface area (TPSA) is 6.48 Å². The van der Waals surface area contributed by atoms with Crippen molar-refractivity contribution in [3.05, 3.63) is 20.8 Å². The van der Waals surface area contributed by atoms with Crippen LogP contribution in [0.1, 0.15) is 18.7 Å². The lowest BCUT2D eigenvalue weighted by atomic mass is 10.2. The Balaban J connectivity index is 2.54. The fraction of sp³-hybridized carbons (Fsp3) is 0.667. The molecule has 0 radical (unpaired) electrons. The summed E-state index contributed by atoms with van der Waals surface area (Å²) in [6.45, 7) is 7.80. The largest absolute Gasteiger partial charge is 0.308 e. The van der Waals surface area contributed by atoms with Crippen molar-refractivity contribution in [2.45, 2.75) is 26.4 Å². The van der Waals surface area contributed by atoms with Crippen LogP contribution in [0.4, 0.5) is 0 Å². The zero-order valence-electron chi connectivity index (χ0n) is 10.5. The number of halogens is 1. The summed E-state index contributed by atoms with van der Waals surface area (Å²) in [6.07, 6.45) is 0. The first-order chi connectivity index (χ1) is 7.52. The van der Waals surface area contributed by atoms with Gasteiger partial charge in [-0.15, -0.1) is 11.3 Å². The average Bonchev–Trinajstić information content (AvgIpc) is 2.59. The van der Waals surface area contributed by atoms with Crippen molar-refractivity contribution >= 4 is 27.3 Å². The SMILES string of the molecule is CCN(Cc1ccc(Br)s1)C(C)CN(C)C. The summed E-state index contributed by atoms with van der Waals surface area (Å²) in [5.74, 6) is 0. The third-order valence-electron chi connectivity index (χ3n) is 2.65. The van der Waals surface area contributed by atoms with Crippen LogP contribution in [0.15, 0.2) is 15.9 Å². The molecule has 0 saturated heterocycles. The van der Waals surface area contributed by atoms with E-state index in [1.807, 2.05) is 11.3 Å². The molecule has 0 bridgehead atoms. The summed E-state index contributed by atoms with van der Waals surface area (Å²) in [6, 6.07) is 4.94. The highest BCUT2D eigenvalue weighted by Crippen LogP contribution is 2.23. The molecule has 1 aromatic rings. The van der Waals surface area contributed by atoms with E-state index in [1.54, 1.807) is 0 Å². The number of likely N-dealkylation sites (N-methyl/N-ethyl adjacent to an activating group) is 2. The molecular weight excluding hydrogens is 284 g/mol. The molecule has 1 unspecified atom stereocenters. The minimum atomic E-state index is 0.598. The van der Waals surface area contributed by atoms with Gasteiger partial charge in [0.15, 0.2) is 0 Å². The molecular formula is C12H21BrN2S. The molecule has 92 valence electrons. The molecule has 4 heteroatoms. The lowest BCUT2D eigenvalue weighted by Gasteiger charge is -2.29. The molecule has 0 fully saturated rings. The lowest BCUT2D eigenvalue weighted by molar-refractivity contribution is 0.175. The molecule has 16 heavy (non-hydrogen) atoms. The zero-order valence-corrected chi connectivity index (χ0v) is 12.9. The van der Waals surface area contributed by atoms with Crippen molar-refractivity contribution < 1.29 is 0 Å². The molecule has 0 N–H and O–H groups in total. The van der Waals surface area contributed by atoms with E-state index in [0.717, 1.165) is 19.6 Å². The maximum absolute atomic E-state index is 3.51. The van der Waals surface area contributed by atoms with Gasteiger partial charge in [0.1, 0.15) is 0 Å². The molecule has 2 nitrogen and oxygen atoms in total. The number of hydrogen-bond acceptors (Lipinski definition) is 3. The van der Waals surface area contributed by atoms with Crippen molar-refractivity contribution in [2.24, 2.45) is 0 Å². The van der Waals surface area contributed by atoms with Gasteiger partial charge in [0.25, 0.3) is 0 Å². The maximum Gasteiger partial charge on any atom is 0.0701 e. The van der Waals surface area contributed by atoms with E-state index in [-0.39, 0.29) is 0 Å². The van der Waals surface area contributed by atoms with E-state index >= 15 is 0 Å². The van der Waals surface area contributed by atoms with Gasteiger partial charge < -0.3 is 4.90 Å². The summed E-state index contributed by atoms with van der Waals surface area (Å²) in [5.41, 5.74) is 0. The van der Waals surface area contributed by atoms with Crippen LogP contribution in [0.5, 0.6) is 0 Å². The summed E-state index contributed by atoms with van der Waals surface area (Å²) in [5, 5.41) is 0. The van der Waals surface area contributed by atoms with Crippen LogP contribution in [0, 0.1) is 0 Å². The van der Waals surface area contributed by atoms with Gasteiger partial charge in [0.05, 0.1) is 3.79 Å². The molecule has 1 aromatic heterocycles. The second-order valence-electron chi connectivity index (χ2n) is 4.38. The highest BCUT2D eigenvalue weighted by Gasteiger charge is 2.13. The Bertz CT molecular complexity index is 312. The van der Waals surface area contributed by atoms with Crippen LogP contribution in [0.3, 0.4) is 0 Å². The Morgan fingerprint density at radius 3 is 2.50 bits per heavy atom. The molecule has 0 aliphatic carbocycles. The number of hydrogen-bond donors (Lipinski definition) is 0. The predicted molar refractivity (Wildman–Crippen MR) is 76.1 cm³/mol. The molecule has 0 amide bonds. The van der Waals surface area contributed by atoms with Crippen LogP contribution in [-0.2, 0) is 6.54 Å². The van der Waals surface area contributed by atoms with Crippen molar-refractivity contribution in [1.29, 1.82) is 0 Å². The van der Waals surface area contributed by atoms with Crippen LogP contribution in [0.25, 0.3) is 0 Å². The van der Waals surface area contributed by atoms with E-state index in [0.29, 0.717) is 6.04 Å². The van der Waals surface area contributed by atoms with Gasteiger partial charge in [0, 0.05) is 24.0 Å². The highest BCUT2D eigenvalue weighted by molar-refractivity contribution is 9.11. The van der Waals surface area contributed by atoms with E-state index < -0.39 is 0 Å². The van der Waals surface area contributed by atoms with Gasteiger partial charge in [-0.05, 0) is 55.6 Å². The fourth-order valence-electron chi connectivity index (χ4n) is 1.86. The second kappa shape index (κ2) is 6.74. The quantitative estimate of drug-likeness (QED) is 0.796. The maximum atomic E-state index is 3.51. The molecule has 1 rings (SSSR count). The minimum absolute atomic E-state index is 0.598. The van der Waals surface area contributed by atoms with E-state index in [2.05, 4.69) is 65.8 Å². The first-order valence-corrected chi connectivity index (χ1v) is 7.26. The first kappa shape index (κ1) is 14.2. The van der Waals surface area contributed by atoms with Crippen molar-refractivity contribution in [3.63, 3.8) is 0 Å². The Morgan fingerprint density at radius 1 is 1.38 bits per heavy atom. The summed E-state index contributed by atoms with van der Waals surface area (Å²) < 4.78 is 1.22. The van der Waals surface area contributed by atoms with Crippen LogP contribution in [-0.4, -0.2) is 43.0 Å². The summed E-state index contributed by atoms with van der Waals surface area (Å²) in [7, 11) is 4.26. The lowest BCUT2D eigenvalue weighted by Crippen LogP contribution is -2.39. The van der Waals surface area contributed by atoms with Gasteiger partial charge >= 0.3 is 0 Å². The van der Waals surface area contributed by atoms with E-state index in [4.69, 9.17) is 0 Å². The number of rotatable bonds is 6. The third-order valence-corrected chi connectivity index (χ3v) is 4.26. The molecule has 0 spiro atoms. The third kappa shape index (κ3) is 4.53. The van der Waals surface area contributed by atoms with Crippen LogP contribution < -0.4 is 0 Å². The Hall–Kier alpha value is 0.1000. The Morgan fingerprint density at radius 2 is 2.06 bits per heavy atom. The summed E-state index contributed by atoms with van der Waals surface area (Å²) in [4.78, 5) is 6.19. The van der Waals surface area contributed by atoms with Crippen LogP contribution in [0.2, 0.25) is 0 Å². The van der Waals surface area contributed by atoms with Gasteiger partial charge in [-0.1, -0.05) is 6.92 Å². The highest BCUT2D eigenvalue weighted by atomic mass is 79.9. The standard InChI is InChI=1S/C12H21BrN2S/c1-5-15(10(2)8-14(3)4)9-11-6-7-12(13)16-11/h6-7,10H,5,8-9H2,1-4H3. The van der Waals surface area contributed by atoms with E-state index in [9.17, 15) is 0 Å². The zero-order chi connectivity index (χ0) is 12.1. The second-order valence-corrected chi connectivity index (χ2v) is 6.93. The van der Waals surface area contributed by atoms with Crippen molar-refractivity contribution in [3.8, 4) is 0 Å². The van der Waals surface area contributed by atoms with Gasteiger partial charge in [-0.2, -0.15) is 0 Å². The molecule has 0 aliphatic rings. The average molecular weight is 305 g/mol. The van der Waals surface area contributed by atoms with Crippen molar-refractivity contribution in [1.82, 2.24) is 9.80 Å². The number of thiophene rings is 1. The molecule has 0 saturated carbocycles. The first-order valence-electron chi connectivity index (χ1n) is 5.66. The molecule has 0 aliphatic heterocycles. The molecule has 0 aromatic carbocycles. The Labute approximate surface area is 111 Å². The van der Waals surface area contributed by atoms with Crippen molar-refractivity contribution in [2.75, 3.05) is 27.2 Å². The predicted octanol–water partition coefficient (Wildman–Crippen LogP) is 3.28. The van der Waals surface area contributed by atoms with E-state index in [1.165, 1.54) is 8.66 Å². The number of nitrogens with zero attached hydrogens (tertiary/aromatic N) is 2. The monoisotopic (exact) mass is 304 g/mol. The fourth-order valence-corrected chi connectivity index (χ4v) is 3.37. The molecule has 1 heterocycles. The smallest absolute Gasteiger partial charge is 0.0701 e. The normalized spacial score (nSPS) is 13.7. The van der Waals surface area contributed by atoms with Gasteiger partial charge in [-0.3, -0.25) is 4.90 Å². The van der Waals surface area contributed by atoms with Gasteiger partial charge in [-0.25, -0.2) is 0 Å². The minimum Gasteiger partial charge on any atom is -0.308 e. The van der Waals surface area contributed by atoms with Crippen LogP contribution >= 0.6 is 27.3 Å². The van der Waals surface area contributed by atoms with Gasteiger partial charge in [0.2, 0.25) is 0 Å².